The summed E-state index contributed by atoms with van der Waals surface area (Å²) in [5.74, 6) is 0.882. The van der Waals surface area contributed by atoms with Crippen LogP contribution in [0.3, 0.4) is 0 Å². The first-order valence-corrected chi connectivity index (χ1v) is 7.89. The molecule has 3 aromatic rings. The van der Waals surface area contributed by atoms with Crippen LogP contribution in [0, 0.1) is 0 Å². The number of amides is 1. The average Bonchev–Trinajstić information content (AvgIpc) is 3.07. The molecular formula is C15H17N5OS. The molecule has 0 fully saturated rings. The van der Waals surface area contributed by atoms with Crippen molar-refractivity contribution in [3.05, 3.63) is 46.7 Å². The first kappa shape index (κ1) is 14.6. The Labute approximate surface area is 132 Å². The molecule has 6 nitrogen and oxygen atoms in total. The quantitative estimate of drug-likeness (QED) is 0.742. The van der Waals surface area contributed by atoms with E-state index in [2.05, 4.69) is 15.3 Å². The monoisotopic (exact) mass is 315 g/mol. The topological polar surface area (TPSA) is 63.4 Å². The van der Waals surface area contributed by atoms with E-state index in [-0.39, 0.29) is 11.8 Å². The molecule has 0 atom stereocenters. The number of aromatic nitrogens is 4. The third kappa shape index (κ3) is 2.71. The van der Waals surface area contributed by atoms with Crippen LogP contribution in [0.25, 0.3) is 4.96 Å². The van der Waals surface area contributed by atoms with E-state index in [1.165, 1.54) is 11.3 Å². The summed E-state index contributed by atoms with van der Waals surface area (Å²) in [5, 5.41) is 13.0. The number of benzene rings is 1. The Morgan fingerprint density at radius 1 is 1.27 bits per heavy atom. The van der Waals surface area contributed by atoms with Crippen LogP contribution < -0.4 is 0 Å². The molecule has 0 radical (unpaired) electrons. The van der Waals surface area contributed by atoms with E-state index in [0.717, 1.165) is 11.4 Å². The highest BCUT2D eigenvalue weighted by atomic mass is 32.1. The third-order valence-electron chi connectivity index (χ3n) is 3.32. The summed E-state index contributed by atoms with van der Waals surface area (Å²) >= 11 is 1.27. The van der Waals surface area contributed by atoms with Gasteiger partial charge >= 0.3 is 0 Å². The third-order valence-corrected chi connectivity index (χ3v) is 4.21. The Balaban J connectivity index is 1.82. The maximum absolute atomic E-state index is 12.5. The maximum atomic E-state index is 12.5. The Hall–Kier alpha value is -2.28. The van der Waals surface area contributed by atoms with E-state index < -0.39 is 0 Å². The van der Waals surface area contributed by atoms with Crippen LogP contribution in [0.4, 0.5) is 0 Å². The molecule has 0 spiro atoms. The fourth-order valence-electron chi connectivity index (χ4n) is 2.17. The van der Waals surface area contributed by atoms with Gasteiger partial charge in [-0.2, -0.15) is 4.52 Å². The predicted octanol–water partition coefficient (Wildman–Crippen LogP) is 2.58. The largest absolute Gasteiger partial charge is 0.335 e. The van der Waals surface area contributed by atoms with Crippen molar-refractivity contribution in [1.29, 1.82) is 0 Å². The molecule has 0 saturated heterocycles. The number of fused-ring (bicyclic) bond motifs is 1. The van der Waals surface area contributed by atoms with Gasteiger partial charge in [-0.3, -0.25) is 4.79 Å². The Morgan fingerprint density at radius 2 is 2.00 bits per heavy atom. The van der Waals surface area contributed by atoms with Crippen molar-refractivity contribution in [2.75, 3.05) is 7.05 Å². The van der Waals surface area contributed by atoms with Crippen molar-refractivity contribution in [2.45, 2.75) is 26.3 Å². The van der Waals surface area contributed by atoms with E-state index in [4.69, 9.17) is 0 Å². The first-order chi connectivity index (χ1) is 10.6. The summed E-state index contributed by atoms with van der Waals surface area (Å²) in [7, 11) is 1.78. The van der Waals surface area contributed by atoms with Crippen LogP contribution in [0.15, 0.2) is 30.3 Å². The highest BCUT2D eigenvalue weighted by Crippen LogP contribution is 2.19. The number of carbonyl (C=O) groups excluding carboxylic acids is 1. The Morgan fingerprint density at radius 3 is 2.68 bits per heavy atom. The van der Waals surface area contributed by atoms with Crippen molar-refractivity contribution >= 4 is 22.2 Å². The summed E-state index contributed by atoms with van der Waals surface area (Å²) < 4.78 is 1.67. The van der Waals surface area contributed by atoms with Crippen LogP contribution in [-0.4, -0.2) is 37.7 Å². The zero-order chi connectivity index (χ0) is 15.7. The first-order valence-electron chi connectivity index (χ1n) is 7.08. The zero-order valence-corrected chi connectivity index (χ0v) is 13.5. The lowest BCUT2D eigenvalue weighted by molar-refractivity contribution is 0.0783. The minimum atomic E-state index is -0.103. The molecule has 1 amide bonds. The van der Waals surface area contributed by atoms with Gasteiger partial charge in [-0.15, -0.1) is 15.3 Å². The van der Waals surface area contributed by atoms with Gasteiger partial charge in [0, 0.05) is 19.5 Å². The summed E-state index contributed by atoms with van der Waals surface area (Å²) in [6.07, 6.45) is 0. The highest BCUT2D eigenvalue weighted by Gasteiger charge is 2.20. The summed E-state index contributed by atoms with van der Waals surface area (Å²) in [5.41, 5.74) is 1.09. The fourth-order valence-corrected chi connectivity index (χ4v) is 3.01. The molecule has 0 aliphatic rings. The second-order valence-electron chi connectivity index (χ2n) is 5.46. The van der Waals surface area contributed by atoms with Gasteiger partial charge in [0.05, 0.1) is 0 Å². The molecule has 0 unspecified atom stereocenters. The lowest BCUT2D eigenvalue weighted by atomic mass is 10.2. The summed E-state index contributed by atoms with van der Waals surface area (Å²) in [6, 6.07) is 9.89. The standard InChI is InChI=1S/C15H17N5OS/c1-10(2)12-16-17-15-20(12)18-13(22-15)14(21)19(3)9-11-7-5-4-6-8-11/h4-8,10H,9H2,1-3H3. The van der Waals surface area contributed by atoms with Crippen LogP contribution in [0.5, 0.6) is 0 Å². The van der Waals surface area contributed by atoms with E-state index >= 15 is 0 Å². The SMILES string of the molecule is CC(C)c1nnc2sc(C(=O)N(C)Cc3ccccc3)nn12. The van der Waals surface area contributed by atoms with Gasteiger partial charge in [-0.25, -0.2) is 0 Å². The van der Waals surface area contributed by atoms with Crippen molar-refractivity contribution in [2.24, 2.45) is 0 Å². The molecule has 1 aromatic carbocycles. The van der Waals surface area contributed by atoms with E-state index in [1.807, 2.05) is 44.2 Å². The molecule has 114 valence electrons. The Kier molecular flexibility index (Phi) is 3.89. The van der Waals surface area contributed by atoms with Crippen LogP contribution in [0.1, 0.15) is 41.0 Å². The molecule has 3 rings (SSSR count). The fraction of sp³-hybridized carbons (Fsp3) is 0.333. The number of carbonyl (C=O) groups is 1. The molecule has 22 heavy (non-hydrogen) atoms. The Bertz CT molecular complexity index is 793. The van der Waals surface area contributed by atoms with Crippen molar-refractivity contribution in [3.63, 3.8) is 0 Å². The van der Waals surface area contributed by atoms with E-state index in [1.54, 1.807) is 16.5 Å². The van der Waals surface area contributed by atoms with Gasteiger partial charge in [0.2, 0.25) is 9.97 Å². The maximum Gasteiger partial charge on any atom is 0.284 e. The lowest BCUT2D eigenvalue weighted by Crippen LogP contribution is -2.26. The van der Waals surface area contributed by atoms with Crippen LogP contribution in [0.2, 0.25) is 0 Å². The molecule has 7 heteroatoms. The van der Waals surface area contributed by atoms with Crippen LogP contribution in [-0.2, 0) is 6.54 Å². The minimum absolute atomic E-state index is 0.103. The molecule has 2 heterocycles. The minimum Gasteiger partial charge on any atom is -0.335 e. The van der Waals surface area contributed by atoms with Gasteiger partial charge in [0.15, 0.2) is 5.82 Å². The molecule has 2 aromatic heterocycles. The second kappa shape index (κ2) is 5.84. The van der Waals surface area contributed by atoms with Gasteiger partial charge in [-0.05, 0) is 5.56 Å². The van der Waals surface area contributed by atoms with Crippen molar-refractivity contribution < 1.29 is 4.79 Å². The summed E-state index contributed by atoms with van der Waals surface area (Å²) in [6.45, 7) is 4.61. The second-order valence-corrected chi connectivity index (χ2v) is 6.42. The normalized spacial score (nSPS) is 11.3. The molecule has 0 aliphatic carbocycles. The van der Waals surface area contributed by atoms with Gasteiger partial charge in [0.25, 0.3) is 5.91 Å². The summed E-state index contributed by atoms with van der Waals surface area (Å²) in [4.78, 5) is 14.8. The van der Waals surface area contributed by atoms with E-state index in [0.29, 0.717) is 16.5 Å². The molecule has 0 saturated carbocycles. The van der Waals surface area contributed by atoms with Gasteiger partial charge < -0.3 is 4.90 Å². The van der Waals surface area contributed by atoms with E-state index in [9.17, 15) is 4.79 Å². The smallest absolute Gasteiger partial charge is 0.284 e. The zero-order valence-electron chi connectivity index (χ0n) is 12.7. The molecule has 0 bridgehead atoms. The molecule has 0 N–H and O–H groups in total. The lowest BCUT2D eigenvalue weighted by Gasteiger charge is -2.15. The predicted molar refractivity (Wildman–Crippen MR) is 85.0 cm³/mol. The highest BCUT2D eigenvalue weighted by molar-refractivity contribution is 7.18. The number of nitrogens with zero attached hydrogens (tertiary/aromatic N) is 5. The molecule has 0 aliphatic heterocycles. The van der Waals surface area contributed by atoms with Crippen LogP contribution >= 0.6 is 11.3 Å². The van der Waals surface area contributed by atoms with Crippen molar-refractivity contribution in [3.8, 4) is 0 Å². The van der Waals surface area contributed by atoms with Gasteiger partial charge in [-0.1, -0.05) is 55.5 Å². The number of hydrogen-bond acceptors (Lipinski definition) is 5. The average molecular weight is 315 g/mol. The molecular weight excluding hydrogens is 298 g/mol. The number of rotatable bonds is 4. The van der Waals surface area contributed by atoms with Crippen molar-refractivity contribution in [1.82, 2.24) is 24.7 Å². The number of hydrogen-bond donors (Lipinski definition) is 0. The van der Waals surface area contributed by atoms with Gasteiger partial charge in [0.1, 0.15) is 0 Å².